The summed E-state index contributed by atoms with van der Waals surface area (Å²) in [6, 6.07) is 0. The fraction of sp³-hybridized carbons (Fsp3) is 0.636. The summed E-state index contributed by atoms with van der Waals surface area (Å²) in [6.07, 6.45) is 2.91. The summed E-state index contributed by atoms with van der Waals surface area (Å²) in [4.78, 5) is 14.7. The highest BCUT2D eigenvalue weighted by Gasteiger charge is 2.11. The molecule has 0 aliphatic heterocycles. The first-order chi connectivity index (χ1) is 7.54. The average molecular weight is 242 g/mol. The van der Waals surface area contributed by atoms with Gasteiger partial charge < -0.3 is 9.67 Å². The summed E-state index contributed by atoms with van der Waals surface area (Å²) >= 11 is 1.28. The Morgan fingerprint density at radius 1 is 1.69 bits per heavy atom. The Hall–Kier alpha value is -0.970. The molecule has 0 bridgehead atoms. The molecular formula is C11H18N2O2S. The topological polar surface area (TPSA) is 55.1 Å². The van der Waals surface area contributed by atoms with Gasteiger partial charge in [-0.15, -0.1) is 0 Å². The van der Waals surface area contributed by atoms with Crippen molar-refractivity contribution in [3.8, 4) is 0 Å². The Bertz CT molecular complexity index is 363. The van der Waals surface area contributed by atoms with Crippen molar-refractivity contribution in [3.05, 3.63) is 11.9 Å². The predicted molar refractivity (Wildman–Crippen MR) is 64.8 cm³/mol. The van der Waals surface area contributed by atoms with E-state index < -0.39 is 5.97 Å². The summed E-state index contributed by atoms with van der Waals surface area (Å²) in [7, 11) is 0. The fourth-order valence-corrected chi connectivity index (χ4v) is 2.10. The van der Waals surface area contributed by atoms with Crippen LogP contribution in [0.4, 0.5) is 0 Å². The number of carboxylic acids is 1. The molecule has 4 nitrogen and oxygen atoms in total. The Balaban J connectivity index is 2.73. The minimum absolute atomic E-state index is 0.0664. The van der Waals surface area contributed by atoms with Gasteiger partial charge in [0.2, 0.25) is 0 Å². The van der Waals surface area contributed by atoms with Crippen molar-refractivity contribution in [2.45, 2.75) is 38.9 Å². The molecule has 1 heterocycles. The lowest BCUT2D eigenvalue weighted by molar-refractivity contribution is -0.133. The van der Waals surface area contributed by atoms with Gasteiger partial charge >= 0.3 is 5.97 Å². The number of imidazole rings is 1. The number of hydrogen-bond acceptors (Lipinski definition) is 3. The van der Waals surface area contributed by atoms with Gasteiger partial charge in [0.1, 0.15) is 0 Å². The molecule has 5 heteroatoms. The largest absolute Gasteiger partial charge is 0.481 e. The molecule has 16 heavy (non-hydrogen) atoms. The first-order valence-electron chi connectivity index (χ1n) is 5.41. The quantitative estimate of drug-likeness (QED) is 0.778. The maximum Gasteiger partial charge on any atom is 0.313 e. The second-order valence-corrected chi connectivity index (χ2v) is 4.93. The van der Waals surface area contributed by atoms with E-state index in [1.807, 2.05) is 6.92 Å². The van der Waals surface area contributed by atoms with E-state index in [4.69, 9.17) is 5.11 Å². The maximum atomic E-state index is 10.5. The highest BCUT2D eigenvalue weighted by atomic mass is 32.2. The zero-order chi connectivity index (χ0) is 12.1. The zero-order valence-electron chi connectivity index (χ0n) is 9.93. The second kappa shape index (κ2) is 5.94. The van der Waals surface area contributed by atoms with E-state index in [1.54, 1.807) is 6.20 Å². The summed E-state index contributed by atoms with van der Waals surface area (Å²) in [6.45, 7) is 7.25. The summed E-state index contributed by atoms with van der Waals surface area (Å²) < 4.78 is 2.10. The van der Waals surface area contributed by atoms with Crippen molar-refractivity contribution in [1.29, 1.82) is 0 Å². The van der Waals surface area contributed by atoms with E-state index >= 15 is 0 Å². The molecule has 0 saturated carbocycles. The van der Waals surface area contributed by atoms with E-state index in [0.29, 0.717) is 5.92 Å². The minimum Gasteiger partial charge on any atom is -0.481 e. The van der Waals surface area contributed by atoms with Crippen LogP contribution in [0.5, 0.6) is 0 Å². The lowest BCUT2D eigenvalue weighted by atomic mass is 10.1. The van der Waals surface area contributed by atoms with Crippen LogP contribution in [-0.2, 0) is 11.3 Å². The van der Waals surface area contributed by atoms with Crippen molar-refractivity contribution in [3.63, 3.8) is 0 Å². The summed E-state index contributed by atoms with van der Waals surface area (Å²) in [5.41, 5.74) is 1.09. The molecule has 0 amide bonds. The molecule has 1 N–H and O–H groups in total. The molecule has 0 aliphatic carbocycles. The van der Waals surface area contributed by atoms with Crippen LogP contribution in [0.15, 0.2) is 11.4 Å². The van der Waals surface area contributed by atoms with Crippen molar-refractivity contribution < 1.29 is 9.90 Å². The molecule has 0 fully saturated rings. The maximum absolute atomic E-state index is 10.5. The monoisotopic (exact) mass is 242 g/mol. The molecule has 1 rings (SSSR count). The number of aromatic nitrogens is 2. The molecule has 0 radical (unpaired) electrons. The van der Waals surface area contributed by atoms with Gasteiger partial charge in [-0.25, -0.2) is 4.98 Å². The summed E-state index contributed by atoms with van der Waals surface area (Å²) in [5, 5.41) is 9.45. The van der Waals surface area contributed by atoms with Gasteiger partial charge in [0.05, 0.1) is 5.75 Å². The van der Waals surface area contributed by atoms with E-state index in [0.717, 1.165) is 23.8 Å². The number of carboxylic acid groups (broad SMARTS) is 1. The molecule has 0 aromatic carbocycles. The zero-order valence-corrected chi connectivity index (χ0v) is 10.8. The molecule has 1 aromatic heterocycles. The van der Waals surface area contributed by atoms with Gasteiger partial charge in [0.15, 0.2) is 5.16 Å². The number of nitrogens with zero attached hydrogens (tertiary/aromatic N) is 2. The smallest absolute Gasteiger partial charge is 0.313 e. The van der Waals surface area contributed by atoms with Gasteiger partial charge in [0, 0.05) is 18.4 Å². The second-order valence-electron chi connectivity index (χ2n) is 3.99. The molecule has 90 valence electrons. The van der Waals surface area contributed by atoms with Crippen molar-refractivity contribution in [1.82, 2.24) is 9.55 Å². The van der Waals surface area contributed by atoms with Gasteiger partial charge in [-0.1, -0.05) is 32.0 Å². The number of carbonyl (C=O) groups is 1. The third kappa shape index (κ3) is 3.56. The average Bonchev–Trinajstić information content (AvgIpc) is 2.57. The fourth-order valence-electron chi connectivity index (χ4n) is 1.34. The predicted octanol–water partition coefficient (Wildman–Crippen LogP) is 2.41. The van der Waals surface area contributed by atoms with Crippen molar-refractivity contribution in [2.24, 2.45) is 5.92 Å². The molecular weight excluding hydrogens is 224 g/mol. The van der Waals surface area contributed by atoms with Gasteiger partial charge in [0.25, 0.3) is 0 Å². The highest BCUT2D eigenvalue weighted by molar-refractivity contribution is 7.99. The van der Waals surface area contributed by atoms with Crippen LogP contribution >= 0.6 is 11.8 Å². The summed E-state index contributed by atoms with van der Waals surface area (Å²) in [5.74, 6) is -0.158. The molecule has 0 aliphatic rings. The molecule has 0 saturated heterocycles. The van der Waals surface area contributed by atoms with Crippen molar-refractivity contribution >= 4 is 17.7 Å². The first kappa shape index (κ1) is 13.1. The number of hydrogen-bond donors (Lipinski definition) is 1. The van der Waals surface area contributed by atoms with Crippen LogP contribution in [-0.4, -0.2) is 26.4 Å². The lowest BCUT2D eigenvalue weighted by Gasteiger charge is -2.13. The van der Waals surface area contributed by atoms with Crippen molar-refractivity contribution in [2.75, 3.05) is 5.75 Å². The normalized spacial score (nSPS) is 12.7. The van der Waals surface area contributed by atoms with E-state index in [9.17, 15) is 4.79 Å². The van der Waals surface area contributed by atoms with Gasteiger partial charge in [-0.3, -0.25) is 4.79 Å². The van der Waals surface area contributed by atoms with E-state index in [2.05, 4.69) is 23.4 Å². The van der Waals surface area contributed by atoms with Crippen LogP contribution in [0.1, 0.15) is 26.0 Å². The molecule has 1 atom stereocenters. The standard InChI is InChI=1S/C11H18N2O2S/c1-4-8(2)6-13-9(3)5-12-11(13)16-7-10(14)15/h5,8H,4,6-7H2,1-3H3,(H,14,15). The van der Waals surface area contributed by atoms with Crippen LogP contribution in [0, 0.1) is 12.8 Å². The Morgan fingerprint density at radius 3 is 2.94 bits per heavy atom. The minimum atomic E-state index is -0.805. The van der Waals surface area contributed by atoms with Crippen LogP contribution in [0.3, 0.4) is 0 Å². The van der Waals surface area contributed by atoms with Crippen LogP contribution in [0.25, 0.3) is 0 Å². The Labute approximate surface area is 100 Å². The number of aliphatic carboxylic acids is 1. The number of rotatable bonds is 6. The number of thioether (sulfide) groups is 1. The Morgan fingerprint density at radius 2 is 2.38 bits per heavy atom. The Kier molecular flexibility index (Phi) is 4.86. The lowest BCUT2D eigenvalue weighted by Crippen LogP contribution is -2.10. The number of aryl methyl sites for hydroxylation is 1. The molecule has 0 spiro atoms. The molecule has 1 aromatic rings. The third-order valence-corrected chi connectivity index (χ3v) is 3.51. The van der Waals surface area contributed by atoms with E-state index in [1.165, 1.54) is 11.8 Å². The first-order valence-corrected chi connectivity index (χ1v) is 6.39. The highest BCUT2D eigenvalue weighted by Crippen LogP contribution is 2.20. The van der Waals surface area contributed by atoms with Gasteiger partial charge in [-0.2, -0.15) is 0 Å². The molecule has 1 unspecified atom stereocenters. The van der Waals surface area contributed by atoms with Crippen LogP contribution in [0.2, 0.25) is 0 Å². The van der Waals surface area contributed by atoms with E-state index in [-0.39, 0.29) is 5.75 Å². The SMILES string of the molecule is CCC(C)Cn1c(C)cnc1SCC(=O)O. The third-order valence-electron chi connectivity index (χ3n) is 2.53. The van der Waals surface area contributed by atoms with Crippen LogP contribution < -0.4 is 0 Å². The van der Waals surface area contributed by atoms with Gasteiger partial charge in [-0.05, 0) is 12.8 Å².